The third-order valence-corrected chi connectivity index (χ3v) is 3.85. The Hall–Kier alpha value is -2.08. The van der Waals surface area contributed by atoms with Crippen LogP contribution in [0.1, 0.15) is 19.3 Å². The number of carbonyl (C=O) groups excluding carboxylic acids is 1. The summed E-state index contributed by atoms with van der Waals surface area (Å²) < 4.78 is 6.29. The first-order chi connectivity index (χ1) is 10.3. The molecular weight excluding hydrogens is 270 g/mol. The highest BCUT2D eigenvalue weighted by Crippen LogP contribution is 2.10. The highest BCUT2D eigenvalue weighted by molar-refractivity contribution is 5.86. The number of nitrogens with zero attached hydrogens (tertiary/aromatic N) is 2. The minimum Gasteiger partial charge on any atom is -0.447 e. The van der Waals surface area contributed by atoms with Crippen molar-refractivity contribution in [1.29, 1.82) is 0 Å². The van der Waals surface area contributed by atoms with Gasteiger partial charge in [-0.2, -0.15) is 4.57 Å². The van der Waals surface area contributed by atoms with Crippen molar-refractivity contribution in [2.45, 2.75) is 19.3 Å². The molecule has 1 aliphatic heterocycles. The summed E-state index contributed by atoms with van der Waals surface area (Å²) in [6, 6.07) is 7.07. The van der Waals surface area contributed by atoms with Crippen LogP contribution in [0.5, 0.6) is 0 Å². The number of likely N-dealkylation sites (tertiary alicyclic amines) is 1. The number of carbonyl (C=O) groups is 1. The highest BCUT2D eigenvalue weighted by atomic mass is 16.5. The van der Waals surface area contributed by atoms with Gasteiger partial charge in [0.25, 0.3) is 0 Å². The molecule has 0 aliphatic carbocycles. The second-order valence-corrected chi connectivity index (χ2v) is 5.30. The maximum Gasteiger partial charge on any atom is 0.422 e. The van der Waals surface area contributed by atoms with E-state index in [2.05, 4.69) is 9.88 Å². The van der Waals surface area contributed by atoms with Crippen LogP contribution in [0.3, 0.4) is 0 Å². The molecule has 0 amide bonds. The zero-order valence-corrected chi connectivity index (χ0v) is 11.9. The lowest BCUT2D eigenvalue weighted by Gasteiger charge is -2.25. The third kappa shape index (κ3) is 3.00. The van der Waals surface area contributed by atoms with Crippen LogP contribution < -0.4 is 5.69 Å². The van der Waals surface area contributed by atoms with Crippen LogP contribution in [0, 0.1) is 0 Å². The zero-order chi connectivity index (χ0) is 14.7. The molecule has 6 nitrogen and oxygen atoms in total. The maximum absolute atomic E-state index is 12.1. The molecule has 1 N–H and O–H groups in total. The molecule has 2 heterocycles. The molecular formula is C15H19N3O3. The Kier molecular flexibility index (Phi) is 4.06. The smallest absolute Gasteiger partial charge is 0.422 e. The Labute approximate surface area is 122 Å². The van der Waals surface area contributed by atoms with E-state index in [1.807, 2.05) is 6.07 Å². The molecule has 0 atom stereocenters. The summed E-state index contributed by atoms with van der Waals surface area (Å²) in [7, 11) is 0. The molecule has 1 aromatic carbocycles. The van der Waals surface area contributed by atoms with E-state index in [0.717, 1.165) is 24.2 Å². The van der Waals surface area contributed by atoms with Crippen molar-refractivity contribution in [3.8, 4) is 0 Å². The van der Waals surface area contributed by atoms with Crippen molar-refractivity contribution in [2.75, 3.05) is 26.2 Å². The predicted molar refractivity (Wildman–Crippen MR) is 79.6 cm³/mol. The van der Waals surface area contributed by atoms with Crippen LogP contribution in [0.15, 0.2) is 29.1 Å². The number of fused-ring (bicyclic) bond motifs is 1. The minimum atomic E-state index is -0.616. The maximum atomic E-state index is 12.1. The summed E-state index contributed by atoms with van der Waals surface area (Å²) in [6.07, 6.45) is 3.07. The van der Waals surface area contributed by atoms with Gasteiger partial charge in [-0.3, -0.25) is 4.90 Å². The van der Waals surface area contributed by atoms with Gasteiger partial charge in [0.15, 0.2) is 0 Å². The summed E-state index contributed by atoms with van der Waals surface area (Å²) in [6.45, 7) is 3.16. The number of para-hydroxylation sites is 2. The van der Waals surface area contributed by atoms with Crippen molar-refractivity contribution < 1.29 is 9.53 Å². The predicted octanol–water partition coefficient (Wildman–Crippen LogP) is 1.80. The Morgan fingerprint density at radius 3 is 2.76 bits per heavy atom. The van der Waals surface area contributed by atoms with Gasteiger partial charge in [-0.15, -0.1) is 0 Å². The zero-order valence-electron chi connectivity index (χ0n) is 11.9. The number of aromatic nitrogens is 2. The van der Waals surface area contributed by atoms with Crippen LogP contribution in [-0.4, -0.2) is 46.8 Å². The minimum absolute atomic E-state index is 0.310. The number of hydrogen-bond donors (Lipinski definition) is 1. The number of H-pyrrole nitrogens is 1. The molecule has 1 fully saturated rings. The van der Waals surface area contributed by atoms with E-state index in [0.29, 0.717) is 17.6 Å². The van der Waals surface area contributed by atoms with Crippen molar-refractivity contribution in [2.24, 2.45) is 0 Å². The second-order valence-electron chi connectivity index (χ2n) is 5.30. The standard InChI is InChI=1S/C15H19N3O3/c19-14-16-12-6-2-3-7-13(12)18(14)15(20)21-11-10-17-8-4-1-5-9-17/h2-3,6-7H,1,4-5,8-11H2,(H,16,19). The van der Waals surface area contributed by atoms with Gasteiger partial charge in [-0.1, -0.05) is 18.6 Å². The van der Waals surface area contributed by atoms with E-state index in [1.54, 1.807) is 18.2 Å². The fraction of sp³-hybridized carbons (Fsp3) is 0.467. The van der Waals surface area contributed by atoms with Gasteiger partial charge in [-0.25, -0.2) is 9.59 Å². The molecule has 1 aromatic heterocycles. The first-order valence-corrected chi connectivity index (χ1v) is 7.35. The van der Waals surface area contributed by atoms with Gasteiger partial charge in [0, 0.05) is 6.54 Å². The van der Waals surface area contributed by atoms with Crippen LogP contribution in [0.4, 0.5) is 4.79 Å². The summed E-state index contributed by atoms with van der Waals surface area (Å²) in [4.78, 5) is 28.9. The fourth-order valence-corrected chi connectivity index (χ4v) is 2.75. The molecule has 0 unspecified atom stereocenters. The Bertz CT molecular complexity index is 683. The lowest BCUT2D eigenvalue weighted by atomic mass is 10.1. The number of piperidine rings is 1. The molecule has 0 saturated carbocycles. The molecule has 1 aliphatic rings. The molecule has 6 heteroatoms. The van der Waals surface area contributed by atoms with Crippen molar-refractivity contribution in [3.05, 3.63) is 34.7 Å². The number of ether oxygens (including phenoxy) is 1. The molecule has 0 bridgehead atoms. The molecule has 112 valence electrons. The lowest BCUT2D eigenvalue weighted by Crippen LogP contribution is -2.34. The number of rotatable bonds is 3. The SMILES string of the molecule is O=C(OCCN1CCCCC1)n1c(=O)[nH]c2ccccc21. The average molecular weight is 289 g/mol. The Balaban J connectivity index is 1.64. The quantitative estimate of drug-likeness (QED) is 0.935. The molecule has 21 heavy (non-hydrogen) atoms. The van der Waals surface area contributed by atoms with Crippen LogP contribution in [0.25, 0.3) is 11.0 Å². The highest BCUT2D eigenvalue weighted by Gasteiger charge is 2.16. The first kappa shape index (κ1) is 13.9. The number of hydrogen-bond acceptors (Lipinski definition) is 4. The second kappa shape index (κ2) is 6.13. The summed E-state index contributed by atoms with van der Waals surface area (Å²) >= 11 is 0. The molecule has 1 saturated heterocycles. The normalized spacial score (nSPS) is 16.2. The number of aromatic amines is 1. The van der Waals surface area contributed by atoms with E-state index in [4.69, 9.17) is 4.74 Å². The first-order valence-electron chi connectivity index (χ1n) is 7.35. The number of benzene rings is 1. The van der Waals surface area contributed by atoms with Crippen molar-refractivity contribution in [1.82, 2.24) is 14.5 Å². The van der Waals surface area contributed by atoms with E-state index < -0.39 is 11.8 Å². The summed E-state index contributed by atoms with van der Waals surface area (Å²) in [5.41, 5.74) is 0.722. The van der Waals surface area contributed by atoms with Gasteiger partial charge < -0.3 is 9.72 Å². The van der Waals surface area contributed by atoms with Crippen LogP contribution in [-0.2, 0) is 4.74 Å². The molecule has 3 rings (SSSR count). The topological polar surface area (TPSA) is 67.3 Å². The number of nitrogens with one attached hydrogen (secondary N) is 1. The molecule has 0 spiro atoms. The summed E-state index contributed by atoms with van der Waals surface area (Å²) in [5.74, 6) is 0. The fourth-order valence-electron chi connectivity index (χ4n) is 2.75. The summed E-state index contributed by atoms with van der Waals surface area (Å²) in [5, 5.41) is 0. The van der Waals surface area contributed by atoms with Gasteiger partial charge >= 0.3 is 11.8 Å². The van der Waals surface area contributed by atoms with E-state index in [1.165, 1.54) is 19.3 Å². The Morgan fingerprint density at radius 2 is 1.95 bits per heavy atom. The lowest BCUT2D eigenvalue weighted by molar-refractivity contribution is 0.122. The van der Waals surface area contributed by atoms with Gasteiger partial charge in [0.1, 0.15) is 6.61 Å². The molecule has 2 aromatic rings. The van der Waals surface area contributed by atoms with Crippen molar-refractivity contribution >= 4 is 17.1 Å². The molecule has 0 radical (unpaired) electrons. The van der Waals surface area contributed by atoms with Crippen molar-refractivity contribution in [3.63, 3.8) is 0 Å². The van der Waals surface area contributed by atoms with E-state index >= 15 is 0 Å². The van der Waals surface area contributed by atoms with Gasteiger partial charge in [-0.05, 0) is 38.1 Å². The third-order valence-electron chi connectivity index (χ3n) is 3.85. The van der Waals surface area contributed by atoms with E-state index in [-0.39, 0.29) is 0 Å². The van der Waals surface area contributed by atoms with E-state index in [9.17, 15) is 9.59 Å². The van der Waals surface area contributed by atoms with Gasteiger partial charge in [0.05, 0.1) is 11.0 Å². The average Bonchev–Trinajstić information content (AvgIpc) is 2.84. The largest absolute Gasteiger partial charge is 0.447 e. The Morgan fingerprint density at radius 1 is 1.19 bits per heavy atom. The van der Waals surface area contributed by atoms with Gasteiger partial charge in [0.2, 0.25) is 0 Å². The van der Waals surface area contributed by atoms with Crippen LogP contribution in [0.2, 0.25) is 0 Å². The monoisotopic (exact) mass is 289 g/mol. The number of imidazole rings is 1. The van der Waals surface area contributed by atoms with Crippen LogP contribution >= 0.6 is 0 Å².